The number of para-hydroxylation sites is 2. The molecule has 0 N–H and O–H groups in total. The van der Waals surface area contributed by atoms with E-state index >= 15 is 0 Å². The van der Waals surface area contributed by atoms with Gasteiger partial charge in [0.05, 0.1) is 22.4 Å². The summed E-state index contributed by atoms with van der Waals surface area (Å²) in [5.74, 6) is 0. The second-order valence-corrected chi connectivity index (χ2v) is 13.6. The van der Waals surface area contributed by atoms with Gasteiger partial charge in [-0.1, -0.05) is 127 Å². The summed E-state index contributed by atoms with van der Waals surface area (Å²) < 4.78 is 4.98. The van der Waals surface area contributed by atoms with Gasteiger partial charge in [0.2, 0.25) is 0 Å². The standard InChI is InChI=1S/C46H30N2S/c1-2-13-32(14-3-1)36-29-30-43(45-39-20-8-11-24-44(39)49-46(36)45)48(40-23-12-16-31-15-4-5-17-35(31)40)34-27-25-33(26-28-34)47-41-21-9-6-18-37(41)38-19-7-10-22-42(38)47/h1-30H. The molecule has 0 aliphatic carbocycles. The van der Waals surface area contributed by atoms with E-state index in [9.17, 15) is 0 Å². The van der Waals surface area contributed by atoms with Crippen molar-refractivity contribution in [2.75, 3.05) is 4.90 Å². The summed E-state index contributed by atoms with van der Waals surface area (Å²) in [6.45, 7) is 0. The van der Waals surface area contributed by atoms with Crippen LogP contribution < -0.4 is 4.90 Å². The fourth-order valence-corrected chi connectivity index (χ4v) is 8.86. The molecule has 0 saturated carbocycles. The highest BCUT2D eigenvalue weighted by Crippen LogP contribution is 2.49. The molecule has 2 heterocycles. The van der Waals surface area contributed by atoms with Gasteiger partial charge in [0.25, 0.3) is 0 Å². The van der Waals surface area contributed by atoms with Crippen LogP contribution in [0.5, 0.6) is 0 Å². The number of thiophene rings is 1. The SMILES string of the molecule is c1ccc(-c2ccc(N(c3ccc(-n4c5ccccc5c5ccccc54)cc3)c3cccc4ccccc34)c3c2sc2ccccc23)cc1. The van der Waals surface area contributed by atoms with E-state index in [1.807, 2.05) is 11.3 Å². The van der Waals surface area contributed by atoms with E-state index in [1.165, 1.54) is 69.6 Å². The first-order chi connectivity index (χ1) is 24.3. The second-order valence-electron chi connectivity index (χ2n) is 12.5. The molecule has 8 aromatic carbocycles. The summed E-state index contributed by atoms with van der Waals surface area (Å²) >= 11 is 1.88. The lowest BCUT2D eigenvalue weighted by atomic mass is 9.99. The van der Waals surface area contributed by atoms with Gasteiger partial charge in [-0.15, -0.1) is 11.3 Å². The summed E-state index contributed by atoms with van der Waals surface area (Å²) in [7, 11) is 0. The molecule has 0 bridgehead atoms. The largest absolute Gasteiger partial charge is 0.309 e. The molecule has 49 heavy (non-hydrogen) atoms. The molecule has 3 heteroatoms. The number of fused-ring (bicyclic) bond motifs is 7. The van der Waals surface area contributed by atoms with E-state index < -0.39 is 0 Å². The highest BCUT2D eigenvalue weighted by atomic mass is 32.1. The van der Waals surface area contributed by atoms with Gasteiger partial charge in [0.1, 0.15) is 0 Å². The van der Waals surface area contributed by atoms with Crippen molar-refractivity contribution in [3.8, 4) is 16.8 Å². The molecule has 230 valence electrons. The van der Waals surface area contributed by atoms with E-state index in [0.717, 1.165) is 17.1 Å². The van der Waals surface area contributed by atoms with Crippen LogP contribution >= 0.6 is 11.3 Å². The van der Waals surface area contributed by atoms with Crippen LogP contribution in [-0.4, -0.2) is 4.57 Å². The van der Waals surface area contributed by atoms with Crippen LogP contribution in [0.25, 0.3) is 69.6 Å². The molecule has 2 nitrogen and oxygen atoms in total. The third-order valence-corrected chi connectivity index (χ3v) is 11.0. The average Bonchev–Trinajstić information content (AvgIpc) is 3.73. The van der Waals surface area contributed by atoms with Crippen molar-refractivity contribution in [3.05, 3.63) is 182 Å². The predicted molar refractivity (Wildman–Crippen MR) is 211 cm³/mol. The van der Waals surface area contributed by atoms with Crippen molar-refractivity contribution in [2.45, 2.75) is 0 Å². The van der Waals surface area contributed by atoms with E-state index in [0.29, 0.717) is 0 Å². The highest BCUT2D eigenvalue weighted by Gasteiger charge is 2.22. The molecule has 0 saturated heterocycles. The summed E-state index contributed by atoms with van der Waals surface area (Å²) in [6.07, 6.45) is 0. The van der Waals surface area contributed by atoms with Crippen molar-refractivity contribution in [1.29, 1.82) is 0 Å². The molecular weight excluding hydrogens is 613 g/mol. The molecule has 0 atom stereocenters. The second kappa shape index (κ2) is 11.2. The molecule has 0 spiro atoms. The lowest BCUT2D eigenvalue weighted by Gasteiger charge is -2.28. The Bertz CT molecular complexity index is 2770. The Morgan fingerprint density at radius 3 is 1.80 bits per heavy atom. The van der Waals surface area contributed by atoms with E-state index in [-0.39, 0.29) is 0 Å². The number of benzene rings is 8. The van der Waals surface area contributed by atoms with Crippen LogP contribution in [0.1, 0.15) is 0 Å². The van der Waals surface area contributed by atoms with Gasteiger partial charge in [-0.05, 0) is 71.1 Å². The van der Waals surface area contributed by atoms with Gasteiger partial charge >= 0.3 is 0 Å². The predicted octanol–water partition coefficient (Wildman–Crippen LogP) is 13.4. The lowest BCUT2D eigenvalue weighted by Crippen LogP contribution is -2.11. The third kappa shape index (κ3) is 4.40. The fraction of sp³-hybridized carbons (Fsp3) is 0. The fourth-order valence-electron chi connectivity index (χ4n) is 7.60. The Morgan fingerprint density at radius 1 is 0.429 bits per heavy atom. The van der Waals surface area contributed by atoms with Crippen LogP contribution in [0.15, 0.2) is 182 Å². The van der Waals surface area contributed by atoms with E-state index in [1.54, 1.807) is 0 Å². The summed E-state index contributed by atoms with van der Waals surface area (Å²) in [5.41, 5.74) is 9.52. The minimum Gasteiger partial charge on any atom is -0.309 e. The number of hydrogen-bond donors (Lipinski definition) is 0. The summed E-state index contributed by atoms with van der Waals surface area (Å²) in [5, 5.41) is 7.54. The zero-order chi connectivity index (χ0) is 32.3. The van der Waals surface area contributed by atoms with Crippen molar-refractivity contribution >= 4 is 81.1 Å². The quantitative estimate of drug-likeness (QED) is 0.181. The maximum atomic E-state index is 2.47. The van der Waals surface area contributed by atoms with Crippen molar-refractivity contribution in [3.63, 3.8) is 0 Å². The smallest absolute Gasteiger partial charge is 0.0555 e. The maximum Gasteiger partial charge on any atom is 0.0555 e. The molecule has 0 amide bonds. The first-order valence-electron chi connectivity index (χ1n) is 16.7. The molecule has 0 radical (unpaired) electrons. The van der Waals surface area contributed by atoms with Gasteiger partial charge < -0.3 is 9.47 Å². The number of rotatable bonds is 5. The Labute approximate surface area is 288 Å². The van der Waals surface area contributed by atoms with Gasteiger partial charge in [0, 0.05) is 47.7 Å². The van der Waals surface area contributed by atoms with Crippen molar-refractivity contribution in [2.24, 2.45) is 0 Å². The Balaban J connectivity index is 1.24. The molecule has 10 aromatic rings. The van der Waals surface area contributed by atoms with Gasteiger partial charge in [-0.3, -0.25) is 0 Å². The lowest BCUT2D eigenvalue weighted by molar-refractivity contribution is 1.17. The normalized spacial score (nSPS) is 11.7. The Hall–Kier alpha value is -6.16. The molecule has 10 rings (SSSR count). The van der Waals surface area contributed by atoms with Crippen LogP contribution in [0.2, 0.25) is 0 Å². The Morgan fingerprint density at radius 2 is 1.04 bits per heavy atom. The molecular formula is C46H30N2S. The first kappa shape index (κ1) is 27.9. The van der Waals surface area contributed by atoms with Gasteiger partial charge in [-0.2, -0.15) is 0 Å². The third-order valence-electron chi connectivity index (χ3n) is 9.78. The van der Waals surface area contributed by atoms with Crippen molar-refractivity contribution < 1.29 is 0 Å². The van der Waals surface area contributed by atoms with Crippen LogP contribution in [0, 0.1) is 0 Å². The van der Waals surface area contributed by atoms with Crippen LogP contribution in [0.4, 0.5) is 17.1 Å². The minimum absolute atomic E-state index is 1.12. The minimum atomic E-state index is 1.12. The topological polar surface area (TPSA) is 8.17 Å². The van der Waals surface area contributed by atoms with E-state index in [4.69, 9.17) is 0 Å². The average molecular weight is 643 g/mol. The molecule has 0 aliphatic rings. The number of aromatic nitrogens is 1. The summed E-state index contributed by atoms with van der Waals surface area (Å²) in [6, 6.07) is 66.1. The molecule has 0 aliphatic heterocycles. The van der Waals surface area contributed by atoms with Crippen LogP contribution in [-0.2, 0) is 0 Å². The molecule has 2 aromatic heterocycles. The number of hydrogen-bond acceptors (Lipinski definition) is 2. The Kier molecular flexibility index (Phi) is 6.39. The summed E-state index contributed by atoms with van der Waals surface area (Å²) in [4.78, 5) is 2.47. The van der Waals surface area contributed by atoms with E-state index in [2.05, 4.69) is 191 Å². The maximum absolute atomic E-state index is 2.47. The number of anilines is 3. The van der Waals surface area contributed by atoms with Gasteiger partial charge in [-0.25, -0.2) is 0 Å². The zero-order valence-electron chi connectivity index (χ0n) is 26.6. The molecule has 0 unspecified atom stereocenters. The number of nitrogens with zero attached hydrogens (tertiary/aromatic N) is 2. The van der Waals surface area contributed by atoms with Gasteiger partial charge in [0.15, 0.2) is 0 Å². The zero-order valence-corrected chi connectivity index (χ0v) is 27.4. The highest BCUT2D eigenvalue weighted by molar-refractivity contribution is 7.26. The molecule has 0 fully saturated rings. The monoisotopic (exact) mass is 642 g/mol. The first-order valence-corrected chi connectivity index (χ1v) is 17.5. The van der Waals surface area contributed by atoms with Crippen molar-refractivity contribution in [1.82, 2.24) is 4.57 Å². The van der Waals surface area contributed by atoms with Crippen LogP contribution in [0.3, 0.4) is 0 Å².